The van der Waals surface area contributed by atoms with Gasteiger partial charge >= 0.3 is 0 Å². The molecule has 2 heterocycles. The first-order valence-corrected chi connectivity index (χ1v) is 9.47. The number of halogens is 2. The first-order valence-electron chi connectivity index (χ1n) is 8.72. The van der Waals surface area contributed by atoms with Crippen molar-refractivity contribution in [2.75, 3.05) is 11.1 Å². The number of anilines is 2. The van der Waals surface area contributed by atoms with Crippen LogP contribution in [0.3, 0.4) is 0 Å². The average molecular weight is 424 g/mol. The summed E-state index contributed by atoms with van der Waals surface area (Å²) in [6.07, 6.45) is 1.71. The van der Waals surface area contributed by atoms with E-state index in [2.05, 4.69) is 5.32 Å². The minimum absolute atomic E-state index is 0.114. The summed E-state index contributed by atoms with van der Waals surface area (Å²) in [6, 6.07) is 18.9. The van der Waals surface area contributed by atoms with Crippen LogP contribution in [0.25, 0.3) is 5.52 Å². The van der Waals surface area contributed by atoms with Crippen LogP contribution in [0.1, 0.15) is 26.4 Å². The molecule has 0 aliphatic rings. The summed E-state index contributed by atoms with van der Waals surface area (Å²) in [5, 5.41) is 3.47. The zero-order chi connectivity index (χ0) is 20.5. The highest BCUT2D eigenvalue weighted by Gasteiger charge is 2.26. The molecule has 144 valence electrons. The topological polar surface area (TPSA) is 76.6 Å². The van der Waals surface area contributed by atoms with Crippen molar-refractivity contribution in [1.29, 1.82) is 0 Å². The number of amides is 1. The fourth-order valence-electron chi connectivity index (χ4n) is 3.19. The summed E-state index contributed by atoms with van der Waals surface area (Å²) < 4.78 is 1.63. The molecule has 4 rings (SSSR count). The summed E-state index contributed by atoms with van der Waals surface area (Å²) in [7, 11) is 0. The zero-order valence-electron chi connectivity index (χ0n) is 15.0. The number of nitrogen functional groups attached to an aromatic ring is 1. The van der Waals surface area contributed by atoms with Gasteiger partial charge in [0.05, 0.1) is 26.8 Å². The number of nitrogens with zero attached hydrogens (tertiary/aromatic N) is 1. The Morgan fingerprint density at radius 1 is 0.897 bits per heavy atom. The van der Waals surface area contributed by atoms with E-state index in [1.54, 1.807) is 71.3 Å². The van der Waals surface area contributed by atoms with E-state index in [0.29, 0.717) is 26.8 Å². The molecule has 0 bridgehead atoms. The molecule has 4 aromatic rings. The lowest BCUT2D eigenvalue weighted by molar-refractivity contribution is 0.102. The molecule has 0 fully saturated rings. The number of hydrogen-bond acceptors (Lipinski definition) is 3. The molecule has 5 nitrogen and oxygen atoms in total. The second-order valence-corrected chi connectivity index (χ2v) is 7.19. The fraction of sp³-hybridized carbons (Fsp3) is 0. The molecule has 0 spiro atoms. The lowest BCUT2D eigenvalue weighted by Gasteiger charge is -2.07. The fourth-order valence-corrected chi connectivity index (χ4v) is 3.49. The van der Waals surface area contributed by atoms with E-state index in [4.69, 9.17) is 28.9 Å². The third kappa shape index (κ3) is 3.46. The van der Waals surface area contributed by atoms with Gasteiger partial charge in [-0.25, -0.2) is 0 Å². The molecule has 2 aromatic heterocycles. The highest BCUT2D eigenvalue weighted by Crippen LogP contribution is 2.30. The van der Waals surface area contributed by atoms with Gasteiger partial charge in [-0.05, 0) is 30.3 Å². The summed E-state index contributed by atoms with van der Waals surface area (Å²) >= 11 is 12.0. The monoisotopic (exact) mass is 423 g/mol. The molecule has 0 aliphatic carbocycles. The van der Waals surface area contributed by atoms with Gasteiger partial charge < -0.3 is 15.5 Å². The maximum Gasteiger partial charge on any atom is 0.259 e. The van der Waals surface area contributed by atoms with Crippen LogP contribution in [0.2, 0.25) is 10.0 Å². The molecule has 1 amide bonds. The molecule has 0 saturated heterocycles. The van der Waals surface area contributed by atoms with Crippen LogP contribution in [-0.4, -0.2) is 16.1 Å². The lowest BCUT2D eigenvalue weighted by atomic mass is 10.1. The Balaban J connectivity index is 1.81. The maximum atomic E-state index is 13.1. The third-order valence-electron chi connectivity index (χ3n) is 4.54. The Morgan fingerprint density at radius 3 is 2.34 bits per heavy atom. The first kappa shape index (κ1) is 19.1. The largest absolute Gasteiger partial charge is 0.396 e. The van der Waals surface area contributed by atoms with E-state index in [1.807, 2.05) is 6.07 Å². The smallest absolute Gasteiger partial charge is 0.259 e. The number of pyridine rings is 1. The van der Waals surface area contributed by atoms with E-state index in [9.17, 15) is 9.59 Å². The SMILES string of the molecule is Nc1c(C(=O)Nc2ccc(Cl)c(Cl)c2)c2ccccn2c1C(=O)c1ccccc1. The number of nitrogens with one attached hydrogen (secondary N) is 1. The van der Waals surface area contributed by atoms with E-state index < -0.39 is 5.91 Å². The molecular weight excluding hydrogens is 409 g/mol. The number of benzene rings is 2. The van der Waals surface area contributed by atoms with Crippen LogP contribution in [-0.2, 0) is 0 Å². The number of nitrogens with two attached hydrogens (primary N) is 1. The molecule has 3 N–H and O–H groups in total. The zero-order valence-corrected chi connectivity index (χ0v) is 16.5. The molecule has 7 heteroatoms. The molecule has 0 atom stereocenters. The predicted molar refractivity (Wildman–Crippen MR) is 116 cm³/mol. The summed E-state index contributed by atoms with van der Waals surface area (Å²) in [4.78, 5) is 26.1. The highest BCUT2D eigenvalue weighted by atomic mass is 35.5. The van der Waals surface area contributed by atoms with Gasteiger partial charge in [-0.3, -0.25) is 9.59 Å². The Labute approximate surface area is 176 Å². The molecule has 2 aromatic carbocycles. The minimum Gasteiger partial charge on any atom is -0.396 e. The van der Waals surface area contributed by atoms with Crippen LogP contribution in [0.4, 0.5) is 11.4 Å². The van der Waals surface area contributed by atoms with Crippen LogP contribution >= 0.6 is 23.2 Å². The van der Waals surface area contributed by atoms with Crippen molar-refractivity contribution in [3.63, 3.8) is 0 Å². The number of carbonyl (C=O) groups excluding carboxylic acids is 2. The molecular formula is C22H15Cl2N3O2. The second kappa shape index (κ2) is 7.62. The number of aromatic nitrogens is 1. The number of carbonyl (C=O) groups is 2. The lowest BCUT2D eigenvalue weighted by Crippen LogP contribution is -2.14. The van der Waals surface area contributed by atoms with Crippen molar-refractivity contribution in [3.05, 3.63) is 99.8 Å². The Kier molecular flexibility index (Phi) is 5.01. The van der Waals surface area contributed by atoms with Gasteiger partial charge in [0, 0.05) is 17.4 Å². The van der Waals surface area contributed by atoms with Gasteiger partial charge in [0.2, 0.25) is 5.78 Å². The normalized spacial score (nSPS) is 10.8. The average Bonchev–Trinajstić information content (AvgIpc) is 3.02. The van der Waals surface area contributed by atoms with E-state index in [0.717, 1.165) is 0 Å². The van der Waals surface area contributed by atoms with Crippen LogP contribution in [0.5, 0.6) is 0 Å². The predicted octanol–water partition coefficient (Wildman–Crippen LogP) is 5.31. The van der Waals surface area contributed by atoms with Crippen molar-refractivity contribution in [2.45, 2.75) is 0 Å². The Hall–Kier alpha value is -3.28. The van der Waals surface area contributed by atoms with Crippen molar-refractivity contribution < 1.29 is 9.59 Å². The quantitative estimate of drug-likeness (QED) is 0.436. The Bertz CT molecular complexity index is 1250. The van der Waals surface area contributed by atoms with Crippen LogP contribution in [0, 0.1) is 0 Å². The van der Waals surface area contributed by atoms with Crippen molar-refractivity contribution in [1.82, 2.24) is 4.40 Å². The van der Waals surface area contributed by atoms with Gasteiger partial charge in [0.1, 0.15) is 5.69 Å². The summed E-state index contributed by atoms with van der Waals surface area (Å²) in [5.74, 6) is -0.713. The van der Waals surface area contributed by atoms with Gasteiger partial charge in [-0.1, -0.05) is 59.6 Å². The molecule has 0 aliphatic heterocycles. The van der Waals surface area contributed by atoms with E-state index in [-0.39, 0.29) is 22.7 Å². The first-order chi connectivity index (χ1) is 14.0. The number of ketones is 1. The molecule has 29 heavy (non-hydrogen) atoms. The second-order valence-electron chi connectivity index (χ2n) is 6.37. The van der Waals surface area contributed by atoms with Crippen LogP contribution < -0.4 is 11.1 Å². The van der Waals surface area contributed by atoms with Crippen molar-refractivity contribution >= 4 is 51.8 Å². The van der Waals surface area contributed by atoms with Gasteiger partial charge in [-0.2, -0.15) is 0 Å². The highest BCUT2D eigenvalue weighted by molar-refractivity contribution is 6.42. The number of fused-ring (bicyclic) bond motifs is 1. The molecule has 0 saturated carbocycles. The molecule has 0 radical (unpaired) electrons. The maximum absolute atomic E-state index is 13.1. The summed E-state index contributed by atoms with van der Waals surface area (Å²) in [5.41, 5.74) is 8.37. The Morgan fingerprint density at radius 2 is 1.62 bits per heavy atom. The number of hydrogen-bond donors (Lipinski definition) is 2. The molecule has 0 unspecified atom stereocenters. The standard InChI is InChI=1S/C22H15Cl2N3O2/c23-15-10-9-14(12-16(15)24)26-22(29)18-17-8-4-5-11-27(17)20(19(18)25)21(28)13-6-2-1-3-7-13/h1-12H,25H2,(H,26,29). The van der Waals surface area contributed by atoms with E-state index >= 15 is 0 Å². The van der Waals surface area contributed by atoms with Gasteiger partial charge in [0.15, 0.2) is 0 Å². The van der Waals surface area contributed by atoms with Crippen LogP contribution in [0.15, 0.2) is 72.9 Å². The van der Waals surface area contributed by atoms with Gasteiger partial charge in [-0.15, -0.1) is 0 Å². The van der Waals surface area contributed by atoms with Crippen molar-refractivity contribution in [2.24, 2.45) is 0 Å². The summed E-state index contributed by atoms with van der Waals surface area (Å²) in [6.45, 7) is 0. The van der Waals surface area contributed by atoms with Gasteiger partial charge in [0.25, 0.3) is 5.91 Å². The van der Waals surface area contributed by atoms with E-state index in [1.165, 1.54) is 0 Å². The minimum atomic E-state index is -0.447. The third-order valence-corrected chi connectivity index (χ3v) is 5.28. The van der Waals surface area contributed by atoms with Crippen molar-refractivity contribution in [3.8, 4) is 0 Å². The number of rotatable bonds is 4.